The molecule has 1 atom stereocenters. The maximum Gasteiger partial charge on any atom is 0.418 e. The molecule has 4 rings (SSSR count). The van der Waals surface area contributed by atoms with Gasteiger partial charge in [-0.3, -0.25) is 4.57 Å². The Morgan fingerprint density at radius 3 is 2.69 bits per heavy atom. The van der Waals surface area contributed by atoms with E-state index in [1.807, 2.05) is 25.1 Å². The van der Waals surface area contributed by atoms with E-state index in [-0.39, 0.29) is 18.2 Å². The zero-order valence-electron chi connectivity index (χ0n) is 17.7. The van der Waals surface area contributed by atoms with Gasteiger partial charge in [-0.05, 0) is 62.7 Å². The number of alkyl halides is 2. The fraction of sp³-hybridized carbons (Fsp3) is 0.261. The number of hydrogen-bond acceptors (Lipinski definition) is 5. The Bertz CT molecular complexity index is 1320. The van der Waals surface area contributed by atoms with Crippen LogP contribution in [0.5, 0.6) is 0 Å². The second-order valence-electron chi connectivity index (χ2n) is 7.38. The summed E-state index contributed by atoms with van der Waals surface area (Å²) in [6.45, 7) is 5.53. The van der Waals surface area contributed by atoms with Crippen molar-refractivity contribution in [2.75, 3.05) is 11.9 Å². The molecule has 0 amide bonds. The maximum absolute atomic E-state index is 13.9. The van der Waals surface area contributed by atoms with Gasteiger partial charge in [0.25, 0.3) is 6.43 Å². The summed E-state index contributed by atoms with van der Waals surface area (Å²) in [4.78, 5) is 21.3. The molecule has 1 N–H and O–H groups in total. The lowest BCUT2D eigenvalue weighted by Crippen LogP contribution is -2.13. The van der Waals surface area contributed by atoms with Crippen molar-refractivity contribution >= 4 is 49.6 Å². The number of ether oxygens (including phenoxy) is 1. The van der Waals surface area contributed by atoms with E-state index in [4.69, 9.17) is 4.74 Å². The number of halogens is 3. The molecule has 0 fully saturated rings. The van der Waals surface area contributed by atoms with Gasteiger partial charge in [-0.15, -0.1) is 0 Å². The first-order chi connectivity index (χ1) is 15.3. The molecule has 32 heavy (non-hydrogen) atoms. The van der Waals surface area contributed by atoms with Crippen molar-refractivity contribution in [3.05, 3.63) is 64.0 Å². The lowest BCUT2D eigenvalue weighted by Gasteiger charge is -2.19. The second-order valence-corrected chi connectivity index (χ2v) is 8.29. The number of nitrogens with zero attached hydrogens (tertiary/aromatic N) is 3. The molecule has 0 saturated heterocycles. The zero-order chi connectivity index (χ0) is 23.0. The van der Waals surface area contributed by atoms with Gasteiger partial charge in [0, 0.05) is 27.0 Å². The minimum Gasteiger partial charge on any atom is -0.449 e. The van der Waals surface area contributed by atoms with Crippen LogP contribution in [-0.4, -0.2) is 27.2 Å². The summed E-state index contributed by atoms with van der Waals surface area (Å²) in [5, 5.41) is 4.45. The van der Waals surface area contributed by atoms with Gasteiger partial charge in [0.05, 0.1) is 23.7 Å². The highest BCUT2D eigenvalue weighted by atomic mass is 79.9. The average molecular weight is 503 g/mol. The number of anilines is 1. The quantitative estimate of drug-likeness (QED) is 0.326. The smallest absolute Gasteiger partial charge is 0.418 e. The van der Waals surface area contributed by atoms with Gasteiger partial charge in [0.15, 0.2) is 0 Å². The molecule has 2 aromatic carbocycles. The number of hydrogen-bond donors (Lipinski definition) is 1. The fourth-order valence-corrected chi connectivity index (χ4v) is 4.05. The van der Waals surface area contributed by atoms with E-state index < -0.39 is 12.5 Å². The first kappa shape index (κ1) is 22.1. The molecule has 0 bridgehead atoms. The molecular weight excluding hydrogens is 482 g/mol. The molecule has 9 heteroatoms. The van der Waals surface area contributed by atoms with Gasteiger partial charge < -0.3 is 10.1 Å². The van der Waals surface area contributed by atoms with Crippen LogP contribution in [0.25, 0.3) is 21.8 Å². The van der Waals surface area contributed by atoms with Crippen LogP contribution in [0, 0.1) is 6.92 Å². The first-order valence-electron chi connectivity index (χ1n) is 10.1. The van der Waals surface area contributed by atoms with Crippen molar-refractivity contribution in [2.45, 2.75) is 33.2 Å². The number of carbonyl (C=O) groups is 1. The molecule has 0 aliphatic carbocycles. The van der Waals surface area contributed by atoms with Gasteiger partial charge in [0.2, 0.25) is 0 Å². The minimum absolute atomic E-state index is 0.138. The number of aryl methyl sites for hydroxylation is 1. The van der Waals surface area contributed by atoms with Crippen LogP contribution in [0.15, 0.2) is 47.1 Å². The number of aromatic nitrogens is 3. The topological polar surface area (TPSA) is 69.0 Å². The van der Waals surface area contributed by atoms with Gasteiger partial charge in [-0.2, -0.15) is 0 Å². The van der Waals surface area contributed by atoms with Gasteiger partial charge in [-0.1, -0.05) is 15.9 Å². The van der Waals surface area contributed by atoms with E-state index in [2.05, 4.69) is 31.2 Å². The highest BCUT2D eigenvalue weighted by Gasteiger charge is 2.21. The Labute approximate surface area is 191 Å². The summed E-state index contributed by atoms with van der Waals surface area (Å²) in [5.41, 5.74) is 1.60. The SMILES string of the molecule is CCOC(=O)n1ccc2c(C(F)F)cc(C(C)Nc3nc(C)nc4ccc(Br)cc34)cc21. The normalized spacial score (nSPS) is 12.5. The van der Waals surface area contributed by atoms with E-state index >= 15 is 0 Å². The first-order valence-corrected chi connectivity index (χ1v) is 10.9. The van der Waals surface area contributed by atoms with E-state index in [0.29, 0.717) is 28.1 Å². The van der Waals surface area contributed by atoms with Gasteiger partial charge in [-0.25, -0.2) is 23.5 Å². The summed E-state index contributed by atoms with van der Waals surface area (Å²) in [7, 11) is 0. The Morgan fingerprint density at radius 1 is 1.19 bits per heavy atom. The molecule has 0 spiro atoms. The lowest BCUT2D eigenvalue weighted by molar-refractivity contribution is 0.152. The Balaban J connectivity index is 1.79. The molecule has 0 aliphatic heterocycles. The highest BCUT2D eigenvalue weighted by molar-refractivity contribution is 9.10. The van der Waals surface area contributed by atoms with Crippen LogP contribution in [0.4, 0.5) is 19.4 Å². The molecule has 0 radical (unpaired) electrons. The highest BCUT2D eigenvalue weighted by Crippen LogP contribution is 2.34. The van der Waals surface area contributed by atoms with Crippen LogP contribution in [0.3, 0.4) is 0 Å². The number of rotatable bonds is 5. The van der Waals surface area contributed by atoms with Crippen molar-refractivity contribution in [3.63, 3.8) is 0 Å². The molecule has 166 valence electrons. The number of carbonyl (C=O) groups excluding carboxylic acids is 1. The molecule has 4 aromatic rings. The van der Waals surface area contributed by atoms with Crippen LogP contribution < -0.4 is 5.32 Å². The monoisotopic (exact) mass is 502 g/mol. The third kappa shape index (κ3) is 4.17. The van der Waals surface area contributed by atoms with E-state index in [9.17, 15) is 13.6 Å². The van der Waals surface area contributed by atoms with E-state index in [1.54, 1.807) is 19.9 Å². The summed E-state index contributed by atoms with van der Waals surface area (Å²) >= 11 is 3.47. The van der Waals surface area contributed by atoms with E-state index in [0.717, 1.165) is 15.4 Å². The molecule has 0 aliphatic rings. The standard InChI is InChI=1S/C23H21BrF2N4O2/c1-4-32-23(31)30-8-7-16-17(21(25)26)9-14(10-20(16)30)12(2)27-22-18-11-15(24)5-6-19(18)28-13(3)29-22/h5-12,21H,4H2,1-3H3,(H,27,28,29). The van der Waals surface area contributed by atoms with Crippen molar-refractivity contribution in [3.8, 4) is 0 Å². The molecule has 0 saturated carbocycles. The summed E-state index contributed by atoms with van der Waals surface area (Å²) < 4.78 is 34.9. The van der Waals surface area contributed by atoms with Crippen LogP contribution in [-0.2, 0) is 4.74 Å². The molecular formula is C23H21BrF2N4O2. The van der Waals surface area contributed by atoms with Gasteiger partial charge in [0.1, 0.15) is 11.6 Å². The van der Waals surface area contributed by atoms with Gasteiger partial charge >= 0.3 is 6.09 Å². The zero-order valence-corrected chi connectivity index (χ0v) is 19.3. The Morgan fingerprint density at radius 2 is 1.97 bits per heavy atom. The predicted octanol–water partition coefficient (Wildman–Crippen LogP) is 6.77. The van der Waals surface area contributed by atoms with Crippen LogP contribution >= 0.6 is 15.9 Å². The summed E-state index contributed by atoms with van der Waals surface area (Å²) in [6, 6.07) is 10.0. The summed E-state index contributed by atoms with van der Waals surface area (Å²) in [6.07, 6.45) is -1.85. The number of nitrogens with one attached hydrogen (secondary N) is 1. The molecule has 1 unspecified atom stereocenters. The maximum atomic E-state index is 13.9. The van der Waals surface area contributed by atoms with Crippen LogP contribution in [0.1, 0.15) is 43.3 Å². The Kier molecular flexibility index (Phi) is 6.10. The largest absolute Gasteiger partial charge is 0.449 e. The van der Waals surface area contributed by atoms with Crippen LogP contribution in [0.2, 0.25) is 0 Å². The van der Waals surface area contributed by atoms with Crippen molar-refractivity contribution < 1.29 is 18.3 Å². The minimum atomic E-state index is -2.69. The fourth-order valence-electron chi connectivity index (χ4n) is 3.69. The number of benzene rings is 2. The van der Waals surface area contributed by atoms with Crippen molar-refractivity contribution in [2.24, 2.45) is 0 Å². The lowest BCUT2D eigenvalue weighted by atomic mass is 10.0. The second kappa shape index (κ2) is 8.82. The predicted molar refractivity (Wildman–Crippen MR) is 123 cm³/mol. The van der Waals surface area contributed by atoms with E-state index in [1.165, 1.54) is 22.9 Å². The van der Waals surface area contributed by atoms with Crippen molar-refractivity contribution in [1.82, 2.24) is 14.5 Å². The molecule has 2 heterocycles. The van der Waals surface area contributed by atoms with Crippen molar-refractivity contribution in [1.29, 1.82) is 0 Å². The average Bonchev–Trinajstić information content (AvgIpc) is 3.17. The third-order valence-corrected chi connectivity index (χ3v) is 5.68. The third-order valence-electron chi connectivity index (χ3n) is 5.18. The molecule has 6 nitrogen and oxygen atoms in total. The number of fused-ring (bicyclic) bond motifs is 2. The molecule has 2 aromatic heterocycles. The summed E-state index contributed by atoms with van der Waals surface area (Å²) in [5.74, 6) is 1.19. The Hall–Kier alpha value is -3.07.